The highest BCUT2D eigenvalue weighted by atomic mass is 127. The van der Waals surface area contributed by atoms with Gasteiger partial charge in [0.25, 0.3) is 0 Å². The Morgan fingerprint density at radius 2 is 1.14 bits per heavy atom. The summed E-state index contributed by atoms with van der Waals surface area (Å²) in [5.74, 6) is 3.19. The Bertz CT molecular complexity index is 275. The molecule has 0 radical (unpaired) electrons. The second-order valence-corrected chi connectivity index (χ2v) is 7.52. The van der Waals surface area contributed by atoms with Crippen molar-refractivity contribution in [2.45, 2.75) is 84.0 Å². The molecule has 0 aliphatic rings. The number of rotatable bonds is 14. The van der Waals surface area contributed by atoms with Crippen LogP contribution in [0.1, 0.15) is 84.0 Å². The van der Waals surface area contributed by atoms with Crippen molar-refractivity contribution in [2.24, 2.45) is 0 Å². The molecule has 0 aromatic heterocycles. The SMILES string of the molecule is CCCCCCCCCCCCCC[N+](C)(C)CC#CI. The van der Waals surface area contributed by atoms with Crippen molar-refractivity contribution in [2.75, 3.05) is 27.2 Å². The molecule has 0 saturated carbocycles. The molecule has 1 nitrogen and oxygen atoms in total. The molecule has 0 N–H and O–H groups in total. The molecule has 124 valence electrons. The molecule has 0 bridgehead atoms. The lowest BCUT2D eigenvalue weighted by molar-refractivity contribution is -0.883. The Morgan fingerprint density at radius 1 is 0.714 bits per heavy atom. The fourth-order valence-corrected chi connectivity index (χ4v) is 2.87. The molecular formula is C19H37IN+. The fraction of sp³-hybridized carbons (Fsp3) is 0.895. The molecule has 21 heavy (non-hydrogen) atoms. The third-order valence-electron chi connectivity index (χ3n) is 4.19. The maximum Gasteiger partial charge on any atom is 0.141 e. The van der Waals surface area contributed by atoms with E-state index in [1.54, 1.807) is 0 Å². The molecule has 0 aliphatic carbocycles. The summed E-state index contributed by atoms with van der Waals surface area (Å²) in [4.78, 5) is 0. The predicted octanol–water partition coefficient (Wildman–Crippen LogP) is 6.16. The van der Waals surface area contributed by atoms with Crippen molar-refractivity contribution in [3.8, 4) is 9.85 Å². The largest absolute Gasteiger partial charge is 0.318 e. The molecule has 0 rings (SSSR count). The fourth-order valence-electron chi connectivity index (χ4n) is 2.70. The number of unbranched alkanes of at least 4 members (excludes halogenated alkanes) is 11. The van der Waals surface area contributed by atoms with E-state index in [1.165, 1.54) is 83.6 Å². The van der Waals surface area contributed by atoms with Gasteiger partial charge in [0, 0.05) is 22.6 Å². The van der Waals surface area contributed by atoms with E-state index in [0.717, 1.165) is 11.0 Å². The van der Waals surface area contributed by atoms with Crippen LogP contribution in [0.3, 0.4) is 0 Å². The number of hydrogen-bond donors (Lipinski definition) is 0. The van der Waals surface area contributed by atoms with Crippen LogP contribution < -0.4 is 0 Å². The standard InChI is InChI=1S/C19H37IN/c1-4-5-6-7-8-9-10-11-12-13-14-15-18-21(2,3)19-16-17-20/h4-15,18-19H2,1-3H3/q+1. The molecule has 0 heterocycles. The highest BCUT2D eigenvalue weighted by molar-refractivity contribution is 14.1. The quantitative estimate of drug-likeness (QED) is 0.140. The van der Waals surface area contributed by atoms with Gasteiger partial charge in [0.1, 0.15) is 6.54 Å². The van der Waals surface area contributed by atoms with Crippen molar-refractivity contribution in [1.29, 1.82) is 0 Å². The molecule has 2 heteroatoms. The van der Waals surface area contributed by atoms with E-state index in [9.17, 15) is 0 Å². The second-order valence-electron chi connectivity index (χ2n) is 6.98. The Labute approximate surface area is 148 Å². The van der Waals surface area contributed by atoms with Gasteiger partial charge in [-0.3, -0.25) is 0 Å². The minimum atomic E-state index is 0.987. The summed E-state index contributed by atoms with van der Waals surface area (Å²) in [6.45, 7) is 4.54. The Balaban J connectivity index is 3.23. The summed E-state index contributed by atoms with van der Waals surface area (Å²) in [6.07, 6.45) is 17.1. The Morgan fingerprint density at radius 3 is 1.57 bits per heavy atom. The first-order valence-corrected chi connectivity index (χ1v) is 10.1. The molecule has 0 aromatic rings. The van der Waals surface area contributed by atoms with Crippen LogP contribution in [0, 0.1) is 9.85 Å². The average Bonchev–Trinajstić information content (AvgIpc) is 2.46. The average molecular weight is 406 g/mol. The van der Waals surface area contributed by atoms with E-state index in [0.29, 0.717) is 0 Å². The molecule has 0 spiro atoms. The van der Waals surface area contributed by atoms with E-state index < -0.39 is 0 Å². The smallest absolute Gasteiger partial charge is 0.141 e. The highest BCUT2D eigenvalue weighted by Gasteiger charge is 2.11. The van der Waals surface area contributed by atoms with Gasteiger partial charge in [-0.05, 0) is 22.7 Å². The van der Waals surface area contributed by atoms with E-state index >= 15 is 0 Å². The van der Waals surface area contributed by atoms with Gasteiger partial charge < -0.3 is 4.48 Å². The van der Waals surface area contributed by atoms with E-state index in [2.05, 4.69) is 53.5 Å². The minimum Gasteiger partial charge on any atom is -0.318 e. The zero-order chi connectivity index (χ0) is 15.8. The van der Waals surface area contributed by atoms with Gasteiger partial charge in [-0.2, -0.15) is 0 Å². The maximum absolute atomic E-state index is 3.19. The lowest BCUT2D eigenvalue weighted by Crippen LogP contribution is -2.40. The van der Waals surface area contributed by atoms with Crippen molar-refractivity contribution in [1.82, 2.24) is 0 Å². The lowest BCUT2D eigenvalue weighted by Gasteiger charge is -2.27. The van der Waals surface area contributed by atoms with Gasteiger partial charge in [-0.15, -0.1) is 0 Å². The summed E-state index contributed by atoms with van der Waals surface area (Å²) >= 11 is 2.13. The molecule has 0 unspecified atom stereocenters. The Kier molecular flexibility index (Phi) is 15.3. The van der Waals surface area contributed by atoms with Crippen LogP contribution in [0.2, 0.25) is 0 Å². The minimum absolute atomic E-state index is 0.987. The summed E-state index contributed by atoms with van der Waals surface area (Å²) < 4.78 is 4.02. The van der Waals surface area contributed by atoms with Crippen molar-refractivity contribution < 1.29 is 4.48 Å². The summed E-state index contributed by atoms with van der Waals surface area (Å²) in [5.41, 5.74) is 0. The molecule has 0 amide bonds. The number of halogens is 1. The first kappa shape index (κ1) is 21.2. The monoisotopic (exact) mass is 406 g/mol. The topological polar surface area (TPSA) is 0 Å². The van der Waals surface area contributed by atoms with E-state index in [-0.39, 0.29) is 0 Å². The van der Waals surface area contributed by atoms with Gasteiger partial charge >= 0.3 is 0 Å². The van der Waals surface area contributed by atoms with Crippen LogP contribution in [0.15, 0.2) is 0 Å². The van der Waals surface area contributed by atoms with Crippen LogP contribution in [0.5, 0.6) is 0 Å². The van der Waals surface area contributed by atoms with Crippen molar-refractivity contribution >= 4 is 22.6 Å². The van der Waals surface area contributed by atoms with Crippen LogP contribution in [-0.4, -0.2) is 31.7 Å². The van der Waals surface area contributed by atoms with E-state index in [1.807, 2.05) is 0 Å². The van der Waals surface area contributed by atoms with Crippen molar-refractivity contribution in [3.05, 3.63) is 0 Å². The molecular weight excluding hydrogens is 369 g/mol. The zero-order valence-corrected chi connectivity index (χ0v) is 16.9. The summed E-state index contributed by atoms with van der Waals surface area (Å²) in [6, 6.07) is 0. The van der Waals surface area contributed by atoms with Gasteiger partial charge in [0.2, 0.25) is 0 Å². The van der Waals surface area contributed by atoms with Gasteiger partial charge in [0.05, 0.1) is 20.6 Å². The molecule has 0 fully saturated rings. The third kappa shape index (κ3) is 16.4. The van der Waals surface area contributed by atoms with E-state index in [4.69, 9.17) is 0 Å². The number of hydrogen-bond acceptors (Lipinski definition) is 0. The maximum atomic E-state index is 3.19. The highest BCUT2D eigenvalue weighted by Crippen LogP contribution is 2.12. The van der Waals surface area contributed by atoms with Crippen LogP contribution in [-0.2, 0) is 0 Å². The summed E-state index contributed by atoms with van der Waals surface area (Å²) in [7, 11) is 4.58. The van der Waals surface area contributed by atoms with Crippen LogP contribution in [0.4, 0.5) is 0 Å². The lowest BCUT2D eigenvalue weighted by atomic mass is 10.1. The molecule has 0 aliphatic heterocycles. The normalized spacial score (nSPS) is 11.2. The van der Waals surface area contributed by atoms with Gasteiger partial charge in [-0.1, -0.05) is 71.1 Å². The molecule has 0 aromatic carbocycles. The van der Waals surface area contributed by atoms with Crippen LogP contribution in [0.25, 0.3) is 0 Å². The molecule has 0 saturated heterocycles. The van der Waals surface area contributed by atoms with Crippen LogP contribution >= 0.6 is 22.6 Å². The molecule has 0 atom stereocenters. The second kappa shape index (κ2) is 15.2. The number of nitrogens with zero attached hydrogens (tertiary/aromatic N) is 1. The first-order chi connectivity index (χ1) is 10.1. The van der Waals surface area contributed by atoms with Gasteiger partial charge in [-0.25, -0.2) is 0 Å². The predicted molar refractivity (Wildman–Crippen MR) is 105 cm³/mol. The third-order valence-corrected chi connectivity index (χ3v) is 4.57. The Hall–Kier alpha value is 0.250. The zero-order valence-electron chi connectivity index (χ0n) is 14.7. The van der Waals surface area contributed by atoms with Gasteiger partial charge in [0.15, 0.2) is 0 Å². The first-order valence-electron chi connectivity index (χ1n) is 9.03. The number of quaternary nitrogens is 1. The summed E-state index contributed by atoms with van der Waals surface area (Å²) in [5, 5.41) is 0. The van der Waals surface area contributed by atoms with Crippen molar-refractivity contribution in [3.63, 3.8) is 0 Å².